The lowest BCUT2D eigenvalue weighted by Gasteiger charge is -2.19. The van der Waals surface area contributed by atoms with Crippen molar-refractivity contribution in [2.24, 2.45) is 5.92 Å². The number of carboxylic acids is 1. The molecule has 6 nitrogen and oxygen atoms in total. The number of benzene rings is 1. The van der Waals surface area contributed by atoms with Crippen LogP contribution in [-0.4, -0.2) is 35.5 Å². The van der Waals surface area contributed by atoms with Gasteiger partial charge in [-0.3, -0.25) is 9.59 Å². The molecule has 1 aliphatic rings. The number of amides is 2. The summed E-state index contributed by atoms with van der Waals surface area (Å²) in [4.78, 5) is 37.5. The first kappa shape index (κ1) is 17.5. The molecule has 1 saturated heterocycles. The van der Waals surface area contributed by atoms with E-state index in [9.17, 15) is 14.4 Å². The van der Waals surface area contributed by atoms with Gasteiger partial charge in [-0.1, -0.05) is 25.5 Å². The van der Waals surface area contributed by atoms with Crippen LogP contribution in [0.1, 0.15) is 26.2 Å². The molecule has 0 bridgehead atoms. The Balaban J connectivity index is 2.08. The van der Waals surface area contributed by atoms with Gasteiger partial charge in [-0.15, -0.1) is 0 Å². The first-order valence-corrected chi connectivity index (χ1v) is 8.34. The molecule has 0 spiro atoms. The third-order valence-electron chi connectivity index (χ3n) is 3.86. The summed E-state index contributed by atoms with van der Waals surface area (Å²) in [6.45, 7) is 2.28. The summed E-state index contributed by atoms with van der Waals surface area (Å²) in [7, 11) is 0. The average molecular weight is 383 g/mol. The quantitative estimate of drug-likeness (QED) is 0.738. The van der Waals surface area contributed by atoms with Crippen LogP contribution in [-0.2, 0) is 14.4 Å². The molecule has 1 aromatic carbocycles. The van der Waals surface area contributed by atoms with Gasteiger partial charge in [0.2, 0.25) is 11.8 Å². The third-order valence-corrected chi connectivity index (χ3v) is 4.53. The normalized spacial score (nSPS) is 18.8. The second-order valence-electron chi connectivity index (χ2n) is 5.47. The monoisotopic (exact) mass is 382 g/mol. The zero-order chi connectivity index (χ0) is 17.0. The Morgan fingerprint density at radius 3 is 2.74 bits per heavy atom. The van der Waals surface area contributed by atoms with Gasteiger partial charge in [0.15, 0.2) is 0 Å². The van der Waals surface area contributed by atoms with Crippen LogP contribution in [0.25, 0.3) is 0 Å². The number of halogens is 1. The van der Waals surface area contributed by atoms with E-state index in [0.717, 1.165) is 10.2 Å². The Kier molecular flexibility index (Phi) is 5.76. The van der Waals surface area contributed by atoms with Crippen LogP contribution < -0.4 is 10.2 Å². The molecule has 2 N–H and O–H groups in total. The van der Waals surface area contributed by atoms with Crippen LogP contribution in [0.15, 0.2) is 28.7 Å². The second kappa shape index (κ2) is 7.59. The summed E-state index contributed by atoms with van der Waals surface area (Å²) in [5.74, 6) is -2.71. The van der Waals surface area contributed by atoms with Gasteiger partial charge in [-0.2, -0.15) is 0 Å². The molecule has 1 heterocycles. The van der Waals surface area contributed by atoms with E-state index in [4.69, 9.17) is 5.11 Å². The smallest absolute Gasteiger partial charge is 0.326 e. The molecule has 2 amide bonds. The number of aliphatic carboxylic acids is 1. The second-order valence-corrected chi connectivity index (χ2v) is 6.32. The number of anilines is 1. The van der Waals surface area contributed by atoms with Crippen molar-refractivity contribution in [3.63, 3.8) is 0 Å². The molecule has 0 aromatic heterocycles. The zero-order valence-electron chi connectivity index (χ0n) is 12.8. The van der Waals surface area contributed by atoms with Gasteiger partial charge in [-0.05, 0) is 40.9 Å². The summed E-state index contributed by atoms with van der Waals surface area (Å²) >= 11 is 3.40. The van der Waals surface area contributed by atoms with Crippen LogP contribution in [0.3, 0.4) is 0 Å². The Bertz CT molecular complexity index is 620. The summed E-state index contributed by atoms with van der Waals surface area (Å²) in [5.41, 5.74) is 0.719. The average Bonchev–Trinajstić information content (AvgIpc) is 2.89. The largest absolute Gasteiger partial charge is 0.480 e. The van der Waals surface area contributed by atoms with Crippen LogP contribution in [0, 0.1) is 5.92 Å². The first-order chi connectivity index (χ1) is 11.0. The number of rotatable bonds is 6. The highest BCUT2D eigenvalue weighted by molar-refractivity contribution is 9.10. The summed E-state index contributed by atoms with van der Waals surface area (Å²) < 4.78 is 0.781. The van der Waals surface area contributed by atoms with E-state index in [1.54, 1.807) is 11.0 Å². The molecule has 2 atom stereocenters. The molecule has 0 saturated carbocycles. The van der Waals surface area contributed by atoms with E-state index in [-0.39, 0.29) is 5.91 Å². The number of nitrogens with one attached hydrogen (secondary N) is 1. The highest BCUT2D eigenvalue weighted by Gasteiger charge is 2.39. The van der Waals surface area contributed by atoms with Crippen molar-refractivity contribution in [1.29, 1.82) is 0 Å². The molecule has 124 valence electrons. The van der Waals surface area contributed by atoms with E-state index < -0.39 is 23.8 Å². The standard InChI is InChI=1S/C16H19BrN2O4/c1-2-5-12(16(22)23)18-14(20)10-8-9-19(15(10)21)13-7-4-3-6-11(13)17/h3-4,6-7,10,12H,2,5,8-9H2,1H3,(H,18,20)(H,22,23). The number of carbonyl (C=O) groups excluding carboxylic acids is 2. The fourth-order valence-electron chi connectivity index (χ4n) is 2.65. The summed E-state index contributed by atoms with van der Waals surface area (Å²) in [5, 5.41) is 11.6. The van der Waals surface area contributed by atoms with E-state index in [1.807, 2.05) is 25.1 Å². The fourth-order valence-corrected chi connectivity index (χ4v) is 3.15. The molecule has 2 rings (SSSR count). The fraction of sp³-hybridized carbons (Fsp3) is 0.438. The number of para-hydroxylation sites is 1. The molecule has 0 radical (unpaired) electrons. The van der Waals surface area contributed by atoms with Crippen LogP contribution in [0.2, 0.25) is 0 Å². The molecule has 23 heavy (non-hydrogen) atoms. The van der Waals surface area contributed by atoms with Crippen LogP contribution >= 0.6 is 15.9 Å². The minimum Gasteiger partial charge on any atom is -0.480 e. The molecule has 1 aromatic rings. The van der Waals surface area contributed by atoms with E-state index in [1.165, 1.54) is 0 Å². The SMILES string of the molecule is CCCC(NC(=O)C1CCN(c2ccccc2Br)C1=O)C(=O)O. The van der Waals surface area contributed by atoms with Gasteiger partial charge in [0.1, 0.15) is 12.0 Å². The molecular weight excluding hydrogens is 364 g/mol. The number of nitrogens with zero attached hydrogens (tertiary/aromatic N) is 1. The van der Waals surface area contributed by atoms with Gasteiger partial charge in [-0.25, -0.2) is 4.79 Å². The lowest BCUT2D eigenvalue weighted by molar-refractivity contribution is -0.143. The predicted molar refractivity (Wildman–Crippen MR) is 89.1 cm³/mol. The Labute approximate surface area is 143 Å². The van der Waals surface area contributed by atoms with Gasteiger partial charge >= 0.3 is 5.97 Å². The Morgan fingerprint density at radius 2 is 2.13 bits per heavy atom. The summed E-state index contributed by atoms with van der Waals surface area (Å²) in [6, 6.07) is 6.36. The van der Waals surface area contributed by atoms with Crippen molar-refractivity contribution in [2.75, 3.05) is 11.4 Å². The number of carboxylic acid groups (broad SMARTS) is 1. The van der Waals surface area contributed by atoms with Crippen molar-refractivity contribution in [3.05, 3.63) is 28.7 Å². The van der Waals surface area contributed by atoms with Crippen LogP contribution in [0.5, 0.6) is 0 Å². The van der Waals surface area contributed by atoms with Gasteiger partial charge < -0.3 is 15.3 Å². The minimum atomic E-state index is -1.08. The van der Waals surface area contributed by atoms with Gasteiger partial charge in [0.05, 0.1) is 5.69 Å². The van der Waals surface area contributed by atoms with Crippen LogP contribution in [0.4, 0.5) is 5.69 Å². The number of hydrogen-bond acceptors (Lipinski definition) is 3. The maximum Gasteiger partial charge on any atom is 0.326 e. The number of carbonyl (C=O) groups is 3. The molecule has 0 aliphatic carbocycles. The van der Waals surface area contributed by atoms with Crippen molar-refractivity contribution < 1.29 is 19.5 Å². The highest BCUT2D eigenvalue weighted by Crippen LogP contribution is 2.31. The maximum absolute atomic E-state index is 12.5. The molecular formula is C16H19BrN2O4. The topological polar surface area (TPSA) is 86.7 Å². The Morgan fingerprint density at radius 1 is 1.43 bits per heavy atom. The maximum atomic E-state index is 12.5. The van der Waals surface area contributed by atoms with Crippen molar-refractivity contribution in [1.82, 2.24) is 5.32 Å². The molecule has 7 heteroatoms. The first-order valence-electron chi connectivity index (χ1n) is 7.54. The van der Waals surface area contributed by atoms with Crippen molar-refractivity contribution in [3.8, 4) is 0 Å². The van der Waals surface area contributed by atoms with E-state index >= 15 is 0 Å². The summed E-state index contributed by atoms with van der Waals surface area (Å²) in [6.07, 6.45) is 1.36. The van der Waals surface area contributed by atoms with E-state index in [0.29, 0.717) is 25.8 Å². The lowest BCUT2D eigenvalue weighted by atomic mass is 10.1. The Hall–Kier alpha value is -1.89. The molecule has 2 unspecified atom stereocenters. The third kappa shape index (κ3) is 3.90. The van der Waals surface area contributed by atoms with Crippen molar-refractivity contribution in [2.45, 2.75) is 32.2 Å². The predicted octanol–water partition coefficient (Wildman–Crippen LogP) is 2.17. The lowest BCUT2D eigenvalue weighted by Crippen LogP contribution is -2.45. The van der Waals surface area contributed by atoms with Gasteiger partial charge in [0.25, 0.3) is 0 Å². The highest BCUT2D eigenvalue weighted by atomic mass is 79.9. The molecule has 1 fully saturated rings. The van der Waals surface area contributed by atoms with E-state index in [2.05, 4.69) is 21.2 Å². The molecule has 1 aliphatic heterocycles. The van der Waals surface area contributed by atoms with Gasteiger partial charge in [0, 0.05) is 11.0 Å². The zero-order valence-corrected chi connectivity index (χ0v) is 14.4. The van der Waals surface area contributed by atoms with Crippen molar-refractivity contribution >= 4 is 39.4 Å². The minimum absolute atomic E-state index is 0.296. The number of hydrogen-bond donors (Lipinski definition) is 2.